The molecule has 0 aliphatic carbocycles. The lowest BCUT2D eigenvalue weighted by atomic mass is 10.0. The molecule has 2 aromatic rings. The standard InChI is InChI=1S/C16H17O5/c1-18-13-8-10(9-14(19-2)16(13)21-4)11-6-5-7-12(17)15(11)20-3/h5-6,8-9,17H,1-4H3. The maximum atomic E-state index is 9.84. The zero-order valence-corrected chi connectivity index (χ0v) is 12.4. The fourth-order valence-electron chi connectivity index (χ4n) is 2.14. The van der Waals surface area contributed by atoms with Crippen LogP contribution in [-0.2, 0) is 0 Å². The smallest absolute Gasteiger partial charge is 0.203 e. The van der Waals surface area contributed by atoms with Crippen LogP contribution in [0.4, 0.5) is 0 Å². The molecule has 0 bridgehead atoms. The van der Waals surface area contributed by atoms with E-state index in [-0.39, 0.29) is 5.75 Å². The summed E-state index contributed by atoms with van der Waals surface area (Å²) in [5, 5.41) is 9.84. The van der Waals surface area contributed by atoms with Gasteiger partial charge in [-0.05, 0) is 29.8 Å². The van der Waals surface area contributed by atoms with Gasteiger partial charge >= 0.3 is 0 Å². The average Bonchev–Trinajstić information content (AvgIpc) is 2.52. The van der Waals surface area contributed by atoms with E-state index in [9.17, 15) is 5.11 Å². The number of methoxy groups -OCH3 is 4. The molecule has 2 rings (SSSR count). The van der Waals surface area contributed by atoms with E-state index in [1.165, 1.54) is 7.11 Å². The molecule has 0 aliphatic rings. The molecule has 0 aliphatic heterocycles. The number of phenols is 1. The van der Waals surface area contributed by atoms with Gasteiger partial charge in [0.05, 0.1) is 28.4 Å². The van der Waals surface area contributed by atoms with Crippen LogP contribution in [0.3, 0.4) is 0 Å². The molecule has 2 aromatic carbocycles. The van der Waals surface area contributed by atoms with Crippen LogP contribution in [0, 0.1) is 6.07 Å². The van der Waals surface area contributed by atoms with Crippen LogP contribution in [0.5, 0.6) is 28.7 Å². The Bertz CT molecular complexity index is 612. The first-order valence-corrected chi connectivity index (χ1v) is 6.24. The Balaban J connectivity index is 2.68. The summed E-state index contributed by atoms with van der Waals surface area (Å²) in [6.07, 6.45) is 0. The minimum absolute atomic E-state index is 0.0521. The minimum atomic E-state index is -0.0521. The van der Waals surface area contributed by atoms with Crippen molar-refractivity contribution in [3.8, 4) is 39.9 Å². The third-order valence-electron chi connectivity index (χ3n) is 3.11. The van der Waals surface area contributed by atoms with Gasteiger partial charge in [0.25, 0.3) is 0 Å². The predicted molar refractivity (Wildman–Crippen MR) is 78.6 cm³/mol. The Morgan fingerprint density at radius 1 is 0.857 bits per heavy atom. The molecular formula is C16H17O5. The van der Waals surface area contributed by atoms with E-state index < -0.39 is 0 Å². The summed E-state index contributed by atoms with van der Waals surface area (Å²) < 4.78 is 21.2. The van der Waals surface area contributed by atoms with E-state index in [1.54, 1.807) is 45.6 Å². The minimum Gasteiger partial charge on any atom is -0.504 e. The third kappa shape index (κ3) is 2.67. The third-order valence-corrected chi connectivity index (χ3v) is 3.11. The molecule has 21 heavy (non-hydrogen) atoms. The van der Waals surface area contributed by atoms with Gasteiger partial charge in [0, 0.05) is 11.6 Å². The first kappa shape index (κ1) is 14.8. The maximum absolute atomic E-state index is 9.84. The van der Waals surface area contributed by atoms with Crippen LogP contribution in [0.15, 0.2) is 24.3 Å². The molecule has 0 amide bonds. The van der Waals surface area contributed by atoms with E-state index >= 15 is 0 Å². The number of phenolic OH excluding ortho intramolecular Hbond substituents is 1. The van der Waals surface area contributed by atoms with Crippen molar-refractivity contribution >= 4 is 0 Å². The molecule has 1 radical (unpaired) electrons. The molecular weight excluding hydrogens is 272 g/mol. The highest BCUT2D eigenvalue weighted by molar-refractivity contribution is 5.77. The van der Waals surface area contributed by atoms with Gasteiger partial charge in [0.15, 0.2) is 23.0 Å². The first-order valence-electron chi connectivity index (χ1n) is 6.24. The van der Waals surface area contributed by atoms with Crippen molar-refractivity contribution in [1.29, 1.82) is 0 Å². The van der Waals surface area contributed by atoms with Crippen LogP contribution in [0.1, 0.15) is 0 Å². The lowest BCUT2D eigenvalue weighted by molar-refractivity contribution is 0.324. The van der Waals surface area contributed by atoms with E-state index in [1.807, 2.05) is 0 Å². The predicted octanol–water partition coefficient (Wildman–Crippen LogP) is 2.89. The lowest BCUT2D eigenvalue weighted by Crippen LogP contribution is -1.96. The van der Waals surface area contributed by atoms with Gasteiger partial charge in [-0.1, -0.05) is 0 Å². The highest BCUT2D eigenvalue weighted by Gasteiger charge is 2.17. The Labute approximate surface area is 123 Å². The molecule has 0 spiro atoms. The Morgan fingerprint density at radius 2 is 1.43 bits per heavy atom. The topological polar surface area (TPSA) is 57.2 Å². The Hall–Kier alpha value is -2.56. The summed E-state index contributed by atoms with van der Waals surface area (Å²) >= 11 is 0. The normalized spacial score (nSPS) is 10.1. The summed E-state index contributed by atoms with van der Waals surface area (Å²) in [4.78, 5) is 0. The van der Waals surface area contributed by atoms with E-state index in [0.717, 1.165) is 5.56 Å². The maximum Gasteiger partial charge on any atom is 0.203 e. The van der Waals surface area contributed by atoms with Crippen LogP contribution in [-0.4, -0.2) is 33.5 Å². The molecule has 5 nitrogen and oxygen atoms in total. The monoisotopic (exact) mass is 289 g/mol. The molecule has 5 heteroatoms. The number of benzene rings is 2. The highest BCUT2D eigenvalue weighted by Crippen LogP contribution is 2.44. The Kier molecular flexibility index (Phi) is 4.42. The van der Waals surface area contributed by atoms with Gasteiger partial charge in [-0.25, -0.2) is 0 Å². The second-order valence-electron chi connectivity index (χ2n) is 4.19. The molecule has 0 heterocycles. The van der Waals surface area contributed by atoms with E-state index in [4.69, 9.17) is 18.9 Å². The summed E-state index contributed by atoms with van der Waals surface area (Å²) in [6.45, 7) is 0. The first-order chi connectivity index (χ1) is 10.2. The van der Waals surface area contributed by atoms with Crippen molar-refractivity contribution in [1.82, 2.24) is 0 Å². The van der Waals surface area contributed by atoms with Gasteiger partial charge in [0.1, 0.15) is 0 Å². The van der Waals surface area contributed by atoms with Crippen LogP contribution in [0.2, 0.25) is 0 Å². The molecule has 0 saturated carbocycles. The zero-order valence-electron chi connectivity index (χ0n) is 12.4. The van der Waals surface area contributed by atoms with Gasteiger partial charge in [-0.2, -0.15) is 0 Å². The fourth-order valence-corrected chi connectivity index (χ4v) is 2.14. The fraction of sp³-hybridized carbons (Fsp3) is 0.250. The largest absolute Gasteiger partial charge is 0.504 e. The van der Waals surface area contributed by atoms with Crippen molar-refractivity contribution in [2.24, 2.45) is 0 Å². The molecule has 0 aromatic heterocycles. The van der Waals surface area contributed by atoms with Gasteiger partial charge in [-0.15, -0.1) is 0 Å². The number of rotatable bonds is 5. The number of aromatic hydroxyl groups is 1. The van der Waals surface area contributed by atoms with Gasteiger partial charge < -0.3 is 24.1 Å². The molecule has 0 unspecified atom stereocenters. The van der Waals surface area contributed by atoms with E-state index in [0.29, 0.717) is 28.6 Å². The molecule has 0 atom stereocenters. The van der Waals surface area contributed by atoms with Crippen molar-refractivity contribution < 1.29 is 24.1 Å². The van der Waals surface area contributed by atoms with Crippen LogP contribution >= 0.6 is 0 Å². The van der Waals surface area contributed by atoms with Crippen molar-refractivity contribution in [2.75, 3.05) is 28.4 Å². The molecule has 111 valence electrons. The summed E-state index contributed by atoms with van der Waals surface area (Å²) in [7, 11) is 6.14. The summed E-state index contributed by atoms with van der Waals surface area (Å²) in [6, 6.07) is 9.68. The van der Waals surface area contributed by atoms with Crippen molar-refractivity contribution in [2.45, 2.75) is 0 Å². The number of hydrogen-bond acceptors (Lipinski definition) is 5. The summed E-state index contributed by atoms with van der Waals surface area (Å²) in [5.74, 6) is 1.85. The lowest BCUT2D eigenvalue weighted by Gasteiger charge is -2.16. The molecule has 1 N–H and O–H groups in total. The highest BCUT2D eigenvalue weighted by atomic mass is 16.5. The van der Waals surface area contributed by atoms with Gasteiger partial charge in [-0.3, -0.25) is 0 Å². The number of hydrogen-bond donors (Lipinski definition) is 1. The average molecular weight is 289 g/mol. The SMILES string of the molecule is COc1cc(-c2cc[c]c(O)c2OC)cc(OC)c1OC. The quantitative estimate of drug-likeness (QED) is 0.917. The van der Waals surface area contributed by atoms with E-state index in [2.05, 4.69) is 6.07 Å². The molecule has 0 fully saturated rings. The molecule has 0 saturated heterocycles. The van der Waals surface area contributed by atoms with Crippen LogP contribution < -0.4 is 18.9 Å². The zero-order chi connectivity index (χ0) is 15.4. The van der Waals surface area contributed by atoms with Crippen LogP contribution in [0.25, 0.3) is 11.1 Å². The number of ether oxygens (including phenoxy) is 4. The second-order valence-corrected chi connectivity index (χ2v) is 4.19. The summed E-state index contributed by atoms with van der Waals surface area (Å²) in [5.41, 5.74) is 1.47. The second kappa shape index (κ2) is 6.26. The van der Waals surface area contributed by atoms with Crippen molar-refractivity contribution in [3.05, 3.63) is 30.3 Å². The van der Waals surface area contributed by atoms with Crippen molar-refractivity contribution in [3.63, 3.8) is 0 Å². The van der Waals surface area contributed by atoms with Gasteiger partial charge in [0.2, 0.25) is 5.75 Å². The Morgan fingerprint density at radius 3 is 1.90 bits per heavy atom.